The Bertz CT molecular complexity index is 206. The third-order valence-corrected chi connectivity index (χ3v) is 3.59. The summed E-state index contributed by atoms with van der Waals surface area (Å²) in [5.74, 6) is 0. The van der Waals surface area contributed by atoms with E-state index in [0.29, 0.717) is 12.1 Å². The Labute approximate surface area is 97.6 Å². The molecular weight excluding hydrogens is 206 g/mol. The van der Waals surface area contributed by atoms with E-state index in [0.717, 1.165) is 13.0 Å². The lowest BCUT2D eigenvalue weighted by molar-refractivity contribution is -0.173. The van der Waals surface area contributed by atoms with Gasteiger partial charge in [-0.3, -0.25) is 4.84 Å². The molecule has 0 bridgehead atoms. The highest BCUT2D eigenvalue weighted by Crippen LogP contribution is 2.28. The van der Waals surface area contributed by atoms with Crippen molar-refractivity contribution in [3.05, 3.63) is 0 Å². The van der Waals surface area contributed by atoms with Crippen molar-refractivity contribution in [3.63, 3.8) is 0 Å². The van der Waals surface area contributed by atoms with Gasteiger partial charge in [-0.2, -0.15) is 5.48 Å². The highest BCUT2D eigenvalue weighted by atomic mass is 16.7. The molecule has 3 atom stereocenters. The SMILES string of the molecule is CCOC1CC(NOC2CCCC2)C1OC. The summed E-state index contributed by atoms with van der Waals surface area (Å²) < 4.78 is 11.0. The Balaban J connectivity index is 1.66. The van der Waals surface area contributed by atoms with Crippen LogP contribution in [0, 0.1) is 0 Å². The van der Waals surface area contributed by atoms with Crippen molar-refractivity contribution >= 4 is 0 Å². The van der Waals surface area contributed by atoms with Crippen LogP contribution in [0.15, 0.2) is 0 Å². The van der Waals surface area contributed by atoms with Crippen LogP contribution < -0.4 is 5.48 Å². The second-order valence-corrected chi connectivity index (χ2v) is 4.68. The Morgan fingerprint density at radius 1 is 1.25 bits per heavy atom. The van der Waals surface area contributed by atoms with Gasteiger partial charge < -0.3 is 9.47 Å². The Morgan fingerprint density at radius 3 is 2.62 bits per heavy atom. The van der Waals surface area contributed by atoms with Crippen LogP contribution in [0.5, 0.6) is 0 Å². The summed E-state index contributed by atoms with van der Waals surface area (Å²) in [4.78, 5) is 5.68. The van der Waals surface area contributed by atoms with Gasteiger partial charge in [0, 0.05) is 13.7 Å². The van der Waals surface area contributed by atoms with Crippen molar-refractivity contribution < 1.29 is 14.3 Å². The molecular formula is C12H23NO3. The molecule has 2 saturated carbocycles. The van der Waals surface area contributed by atoms with E-state index in [-0.39, 0.29) is 12.2 Å². The van der Waals surface area contributed by atoms with Gasteiger partial charge in [0.05, 0.1) is 18.2 Å². The molecule has 0 heterocycles. The van der Waals surface area contributed by atoms with E-state index >= 15 is 0 Å². The van der Waals surface area contributed by atoms with Gasteiger partial charge in [-0.1, -0.05) is 12.8 Å². The lowest BCUT2D eigenvalue weighted by Crippen LogP contribution is -2.60. The fraction of sp³-hybridized carbons (Fsp3) is 1.00. The summed E-state index contributed by atoms with van der Waals surface area (Å²) in [6, 6.07) is 0.294. The van der Waals surface area contributed by atoms with E-state index < -0.39 is 0 Å². The van der Waals surface area contributed by atoms with Gasteiger partial charge in [-0.15, -0.1) is 0 Å². The van der Waals surface area contributed by atoms with Crippen molar-refractivity contribution in [1.29, 1.82) is 0 Å². The summed E-state index contributed by atoms with van der Waals surface area (Å²) in [7, 11) is 1.74. The first kappa shape index (κ1) is 12.3. The molecule has 1 N–H and O–H groups in total. The van der Waals surface area contributed by atoms with Gasteiger partial charge >= 0.3 is 0 Å². The molecule has 0 saturated heterocycles. The zero-order valence-corrected chi connectivity index (χ0v) is 10.3. The molecule has 3 unspecified atom stereocenters. The van der Waals surface area contributed by atoms with E-state index in [1.165, 1.54) is 25.7 Å². The predicted octanol–water partition coefficient (Wildman–Crippen LogP) is 1.64. The second kappa shape index (κ2) is 5.96. The monoisotopic (exact) mass is 229 g/mol. The lowest BCUT2D eigenvalue weighted by Gasteiger charge is -2.43. The summed E-state index contributed by atoms with van der Waals surface area (Å²) in [5, 5.41) is 0. The molecule has 0 aromatic carbocycles. The Morgan fingerprint density at radius 2 is 2.00 bits per heavy atom. The summed E-state index contributed by atoms with van der Waals surface area (Å²) >= 11 is 0. The molecule has 0 aliphatic heterocycles. The number of hydroxylamine groups is 1. The molecule has 0 radical (unpaired) electrons. The molecule has 4 heteroatoms. The first-order chi connectivity index (χ1) is 7.85. The lowest BCUT2D eigenvalue weighted by atomic mass is 9.86. The molecule has 0 amide bonds. The van der Waals surface area contributed by atoms with Crippen LogP contribution in [-0.4, -0.2) is 38.1 Å². The predicted molar refractivity (Wildman–Crippen MR) is 61.1 cm³/mol. The smallest absolute Gasteiger partial charge is 0.101 e. The molecule has 0 aromatic rings. The summed E-state index contributed by atoms with van der Waals surface area (Å²) in [5.41, 5.74) is 3.15. The molecule has 16 heavy (non-hydrogen) atoms. The molecule has 4 nitrogen and oxygen atoms in total. The minimum Gasteiger partial charge on any atom is -0.377 e. The molecule has 2 aliphatic carbocycles. The maximum Gasteiger partial charge on any atom is 0.101 e. The molecule has 2 aliphatic rings. The maximum atomic E-state index is 5.68. The molecule has 2 fully saturated rings. The molecule has 2 rings (SSSR count). The standard InChI is InChI=1S/C12H23NO3/c1-3-15-11-8-10(12(11)14-2)13-16-9-6-4-5-7-9/h9-13H,3-8H2,1-2H3. The van der Waals surface area contributed by atoms with Crippen molar-refractivity contribution in [2.75, 3.05) is 13.7 Å². The van der Waals surface area contributed by atoms with Gasteiger partial charge in [0.1, 0.15) is 6.10 Å². The Hall–Kier alpha value is -0.160. The van der Waals surface area contributed by atoms with Gasteiger partial charge in [0.15, 0.2) is 0 Å². The zero-order chi connectivity index (χ0) is 11.4. The van der Waals surface area contributed by atoms with Crippen molar-refractivity contribution in [3.8, 4) is 0 Å². The number of hydrogen-bond donors (Lipinski definition) is 1. The third kappa shape index (κ3) is 2.74. The van der Waals surface area contributed by atoms with E-state index in [2.05, 4.69) is 5.48 Å². The average Bonchev–Trinajstić information content (AvgIpc) is 2.75. The van der Waals surface area contributed by atoms with Gasteiger partial charge in [-0.25, -0.2) is 0 Å². The topological polar surface area (TPSA) is 39.7 Å². The second-order valence-electron chi connectivity index (χ2n) is 4.68. The van der Waals surface area contributed by atoms with Crippen LogP contribution in [0.25, 0.3) is 0 Å². The summed E-state index contributed by atoms with van der Waals surface area (Å²) in [6.07, 6.45) is 6.74. The minimum atomic E-state index is 0.140. The van der Waals surface area contributed by atoms with Crippen molar-refractivity contribution in [2.45, 2.75) is 63.4 Å². The summed E-state index contributed by atoms with van der Waals surface area (Å²) in [6.45, 7) is 2.77. The number of methoxy groups -OCH3 is 1. The van der Waals surface area contributed by atoms with Crippen LogP contribution in [0.4, 0.5) is 0 Å². The van der Waals surface area contributed by atoms with E-state index in [1.54, 1.807) is 7.11 Å². The molecule has 94 valence electrons. The molecule has 0 aromatic heterocycles. The van der Waals surface area contributed by atoms with Crippen molar-refractivity contribution in [2.24, 2.45) is 0 Å². The Kier molecular flexibility index (Phi) is 4.58. The van der Waals surface area contributed by atoms with Crippen molar-refractivity contribution in [1.82, 2.24) is 5.48 Å². The normalized spacial score (nSPS) is 35.2. The number of ether oxygens (including phenoxy) is 2. The van der Waals surface area contributed by atoms with Gasteiger partial charge in [-0.05, 0) is 26.2 Å². The number of hydrogen-bond acceptors (Lipinski definition) is 4. The fourth-order valence-corrected chi connectivity index (χ4v) is 2.58. The fourth-order valence-electron chi connectivity index (χ4n) is 2.58. The van der Waals surface area contributed by atoms with Crippen LogP contribution in [0.1, 0.15) is 39.0 Å². The largest absolute Gasteiger partial charge is 0.377 e. The highest BCUT2D eigenvalue weighted by Gasteiger charge is 2.42. The van der Waals surface area contributed by atoms with E-state index in [1.807, 2.05) is 6.92 Å². The van der Waals surface area contributed by atoms with Crippen LogP contribution in [0.3, 0.4) is 0 Å². The maximum absolute atomic E-state index is 5.68. The van der Waals surface area contributed by atoms with E-state index in [4.69, 9.17) is 14.3 Å². The number of nitrogens with one attached hydrogen (secondary N) is 1. The molecule has 0 spiro atoms. The van der Waals surface area contributed by atoms with E-state index in [9.17, 15) is 0 Å². The van der Waals surface area contributed by atoms with Gasteiger partial charge in [0.2, 0.25) is 0 Å². The highest BCUT2D eigenvalue weighted by molar-refractivity contribution is 4.95. The quantitative estimate of drug-likeness (QED) is 0.703. The van der Waals surface area contributed by atoms with Crippen LogP contribution >= 0.6 is 0 Å². The van der Waals surface area contributed by atoms with Crippen LogP contribution in [0.2, 0.25) is 0 Å². The first-order valence-electron chi connectivity index (χ1n) is 6.40. The zero-order valence-electron chi connectivity index (χ0n) is 10.3. The first-order valence-corrected chi connectivity index (χ1v) is 6.40. The average molecular weight is 229 g/mol. The van der Waals surface area contributed by atoms with Crippen LogP contribution in [-0.2, 0) is 14.3 Å². The van der Waals surface area contributed by atoms with Gasteiger partial charge in [0.25, 0.3) is 0 Å². The third-order valence-electron chi connectivity index (χ3n) is 3.59. The minimum absolute atomic E-state index is 0.140. The number of rotatable bonds is 6.